The molecule has 134 valence electrons. The topological polar surface area (TPSA) is 91.5 Å². The van der Waals surface area contributed by atoms with Crippen molar-refractivity contribution in [1.82, 2.24) is 15.1 Å². The second-order valence-electron chi connectivity index (χ2n) is 6.53. The van der Waals surface area contributed by atoms with Crippen molar-refractivity contribution in [2.24, 2.45) is 0 Å². The monoisotopic (exact) mass is 338 g/mol. The SMILES string of the molecule is O=[N+]([O-])c1ccn([C@@H]2CCCC[C@@H]2NCCOC[C@H]2CCCO2)n1. The van der Waals surface area contributed by atoms with Crippen LogP contribution in [0.4, 0.5) is 5.82 Å². The number of nitro groups is 1. The van der Waals surface area contributed by atoms with Gasteiger partial charge < -0.3 is 24.9 Å². The molecule has 0 unspecified atom stereocenters. The average Bonchev–Trinajstić information content (AvgIpc) is 3.27. The molecule has 1 aromatic heterocycles. The summed E-state index contributed by atoms with van der Waals surface area (Å²) >= 11 is 0. The molecule has 3 atom stereocenters. The van der Waals surface area contributed by atoms with Crippen molar-refractivity contribution in [3.63, 3.8) is 0 Å². The van der Waals surface area contributed by atoms with E-state index in [0.29, 0.717) is 13.2 Å². The molecule has 0 amide bonds. The number of aromatic nitrogens is 2. The lowest BCUT2D eigenvalue weighted by Crippen LogP contribution is -2.41. The van der Waals surface area contributed by atoms with Crippen LogP contribution < -0.4 is 5.32 Å². The molecule has 0 aromatic carbocycles. The summed E-state index contributed by atoms with van der Waals surface area (Å²) in [5, 5.41) is 18.5. The maximum absolute atomic E-state index is 10.8. The van der Waals surface area contributed by atoms with Gasteiger partial charge in [-0.25, -0.2) is 0 Å². The molecule has 1 saturated heterocycles. The first-order valence-corrected chi connectivity index (χ1v) is 8.86. The minimum atomic E-state index is -0.444. The van der Waals surface area contributed by atoms with E-state index in [-0.39, 0.29) is 24.0 Å². The predicted molar refractivity (Wildman–Crippen MR) is 88.0 cm³/mol. The van der Waals surface area contributed by atoms with Gasteiger partial charge in [-0.1, -0.05) is 12.8 Å². The summed E-state index contributed by atoms with van der Waals surface area (Å²) in [7, 11) is 0. The molecule has 0 radical (unpaired) electrons. The van der Waals surface area contributed by atoms with Crippen LogP contribution in [0.25, 0.3) is 0 Å². The number of nitrogens with one attached hydrogen (secondary N) is 1. The van der Waals surface area contributed by atoms with Crippen LogP contribution in [-0.4, -0.2) is 53.2 Å². The Morgan fingerprint density at radius 3 is 3.00 bits per heavy atom. The molecule has 1 aliphatic heterocycles. The van der Waals surface area contributed by atoms with E-state index in [9.17, 15) is 10.1 Å². The molecule has 1 aromatic rings. The van der Waals surface area contributed by atoms with Crippen LogP contribution in [0.15, 0.2) is 12.3 Å². The van der Waals surface area contributed by atoms with Gasteiger partial charge in [0.25, 0.3) is 0 Å². The van der Waals surface area contributed by atoms with Crippen LogP contribution in [-0.2, 0) is 9.47 Å². The maximum Gasteiger partial charge on any atom is 0.389 e. The fourth-order valence-corrected chi connectivity index (χ4v) is 3.58. The second-order valence-corrected chi connectivity index (χ2v) is 6.53. The van der Waals surface area contributed by atoms with Crippen molar-refractivity contribution in [1.29, 1.82) is 0 Å². The minimum absolute atomic E-state index is 0.0841. The Balaban J connectivity index is 1.44. The number of ether oxygens (including phenoxy) is 2. The van der Waals surface area contributed by atoms with Crippen molar-refractivity contribution < 1.29 is 14.4 Å². The zero-order chi connectivity index (χ0) is 16.8. The van der Waals surface area contributed by atoms with Crippen molar-refractivity contribution in [3.05, 3.63) is 22.4 Å². The smallest absolute Gasteiger partial charge is 0.377 e. The van der Waals surface area contributed by atoms with Gasteiger partial charge >= 0.3 is 5.82 Å². The van der Waals surface area contributed by atoms with Gasteiger partial charge in [-0.05, 0) is 30.6 Å². The third-order valence-corrected chi connectivity index (χ3v) is 4.83. The van der Waals surface area contributed by atoms with Gasteiger partial charge in [0.1, 0.15) is 0 Å². The Morgan fingerprint density at radius 1 is 1.38 bits per heavy atom. The van der Waals surface area contributed by atoms with Gasteiger partial charge in [-0.15, -0.1) is 0 Å². The normalized spacial score (nSPS) is 27.4. The highest BCUT2D eigenvalue weighted by Crippen LogP contribution is 2.29. The van der Waals surface area contributed by atoms with Gasteiger partial charge in [-0.2, -0.15) is 4.68 Å². The molecule has 2 fully saturated rings. The molecule has 2 heterocycles. The average molecular weight is 338 g/mol. The fraction of sp³-hybridized carbons (Fsp3) is 0.812. The third-order valence-electron chi connectivity index (χ3n) is 4.83. The van der Waals surface area contributed by atoms with Crippen molar-refractivity contribution in [2.75, 3.05) is 26.4 Å². The lowest BCUT2D eigenvalue weighted by Gasteiger charge is -2.30. The molecule has 24 heavy (non-hydrogen) atoms. The quantitative estimate of drug-likeness (QED) is 0.443. The highest BCUT2D eigenvalue weighted by Gasteiger charge is 2.29. The van der Waals surface area contributed by atoms with Gasteiger partial charge in [0, 0.05) is 19.2 Å². The fourth-order valence-electron chi connectivity index (χ4n) is 3.58. The Kier molecular flexibility index (Phi) is 6.17. The van der Waals surface area contributed by atoms with E-state index >= 15 is 0 Å². The van der Waals surface area contributed by atoms with E-state index in [1.165, 1.54) is 12.5 Å². The summed E-state index contributed by atoms with van der Waals surface area (Å²) in [6.07, 6.45) is 8.56. The van der Waals surface area contributed by atoms with Crippen LogP contribution in [0.2, 0.25) is 0 Å². The Morgan fingerprint density at radius 2 is 2.25 bits per heavy atom. The number of rotatable bonds is 8. The van der Waals surface area contributed by atoms with Gasteiger partial charge in [0.2, 0.25) is 0 Å². The first kappa shape index (κ1) is 17.3. The van der Waals surface area contributed by atoms with Crippen molar-refractivity contribution in [3.8, 4) is 0 Å². The van der Waals surface area contributed by atoms with E-state index < -0.39 is 4.92 Å². The minimum Gasteiger partial charge on any atom is -0.377 e. The van der Waals surface area contributed by atoms with Crippen LogP contribution >= 0.6 is 0 Å². The highest BCUT2D eigenvalue weighted by molar-refractivity contribution is 5.14. The van der Waals surface area contributed by atoms with Gasteiger partial charge in [0.05, 0.1) is 42.7 Å². The maximum atomic E-state index is 10.8. The first-order valence-electron chi connectivity index (χ1n) is 8.86. The van der Waals surface area contributed by atoms with E-state index in [2.05, 4.69) is 10.4 Å². The summed E-state index contributed by atoms with van der Waals surface area (Å²) in [5.74, 6) is -0.0841. The Labute approximate surface area is 141 Å². The van der Waals surface area contributed by atoms with E-state index in [0.717, 1.165) is 45.3 Å². The zero-order valence-corrected chi connectivity index (χ0v) is 13.9. The largest absolute Gasteiger partial charge is 0.389 e. The van der Waals surface area contributed by atoms with Gasteiger partial charge in [0.15, 0.2) is 0 Å². The van der Waals surface area contributed by atoms with Crippen molar-refractivity contribution >= 4 is 5.82 Å². The summed E-state index contributed by atoms with van der Waals surface area (Å²) in [6.45, 7) is 2.95. The van der Waals surface area contributed by atoms with E-state index in [4.69, 9.17) is 9.47 Å². The first-order chi connectivity index (χ1) is 11.7. The molecule has 8 heteroatoms. The van der Waals surface area contributed by atoms with Crippen LogP contribution in [0, 0.1) is 10.1 Å². The summed E-state index contributed by atoms with van der Waals surface area (Å²) in [5.41, 5.74) is 0. The molecular formula is C16H26N4O4. The molecule has 1 N–H and O–H groups in total. The highest BCUT2D eigenvalue weighted by atomic mass is 16.6. The molecule has 8 nitrogen and oxygen atoms in total. The standard InChI is InChI=1S/C16H26N4O4/c21-20(22)16-7-9-19(18-16)15-6-2-1-5-14(15)17-8-11-23-12-13-4-3-10-24-13/h7,9,13-15,17H,1-6,8,10-12H2/t13-,14+,15-/m1/s1. The Bertz CT molecular complexity index is 530. The Hall–Kier alpha value is -1.51. The predicted octanol–water partition coefficient (Wildman–Crippen LogP) is 2.06. The lowest BCUT2D eigenvalue weighted by atomic mass is 9.90. The van der Waals surface area contributed by atoms with E-state index in [1.807, 2.05) is 0 Å². The zero-order valence-electron chi connectivity index (χ0n) is 13.9. The second kappa shape index (κ2) is 8.55. The third kappa shape index (κ3) is 4.52. The molecule has 2 aliphatic rings. The van der Waals surface area contributed by atoms with Crippen molar-refractivity contribution in [2.45, 2.75) is 56.7 Å². The number of nitrogens with zero attached hydrogens (tertiary/aromatic N) is 3. The molecule has 1 aliphatic carbocycles. The van der Waals surface area contributed by atoms with E-state index in [1.54, 1.807) is 10.9 Å². The van der Waals surface area contributed by atoms with Crippen LogP contribution in [0.5, 0.6) is 0 Å². The molecule has 0 bridgehead atoms. The molecule has 1 saturated carbocycles. The molecular weight excluding hydrogens is 312 g/mol. The van der Waals surface area contributed by atoms with Crippen LogP contribution in [0.1, 0.15) is 44.6 Å². The lowest BCUT2D eigenvalue weighted by molar-refractivity contribution is -0.389. The summed E-state index contributed by atoms with van der Waals surface area (Å²) < 4.78 is 13.0. The summed E-state index contributed by atoms with van der Waals surface area (Å²) in [6, 6.07) is 1.92. The van der Waals surface area contributed by atoms with Gasteiger partial charge in [-0.3, -0.25) is 0 Å². The molecule has 0 spiro atoms. The number of hydrogen-bond donors (Lipinski definition) is 1. The number of hydrogen-bond acceptors (Lipinski definition) is 6. The molecule has 3 rings (SSSR count). The van der Waals surface area contributed by atoms with Crippen LogP contribution in [0.3, 0.4) is 0 Å². The summed E-state index contributed by atoms with van der Waals surface area (Å²) in [4.78, 5) is 10.4.